The van der Waals surface area contributed by atoms with E-state index in [1.165, 1.54) is 5.39 Å². The number of H-pyrrole nitrogens is 1. The SMILES string of the molecule is Cn1cc(-c2cc(-c3ccc4[nH]ccc4c3)cnc2N)cn1. The van der Waals surface area contributed by atoms with E-state index in [0.717, 1.165) is 27.8 Å². The smallest absolute Gasteiger partial charge is 0.131 e. The van der Waals surface area contributed by atoms with Crippen LogP contribution in [-0.4, -0.2) is 19.7 Å². The zero-order chi connectivity index (χ0) is 15.1. The van der Waals surface area contributed by atoms with Crippen LogP contribution in [0.25, 0.3) is 33.2 Å². The molecular weight excluding hydrogens is 274 g/mol. The largest absolute Gasteiger partial charge is 0.383 e. The lowest BCUT2D eigenvalue weighted by atomic mass is 10.0. The van der Waals surface area contributed by atoms with Crippen LogP contribution in [0.5, 0.6) is 0 Å². The van der Waals surface area contributed by atoms with Crippen molar-refractivity contribution < 1.29 is 0 Å². The Morgan fingerprint density at radius 3 is 2.77 bits per heavy atom. The Morgan fingerprint density at radius 1 is 1.05 bits per heavy atom. The van der Waals surface area contributed by atoms with Crippen molar-refractivity contribution in [2.75, 3.05) is 5.73 Å². The van der Waals surface area contributed by atoms with Crippen molar-refractivity contribution >= 4 is 16.7 Å². The topological polar surface area (TPSA) is 72.5 Å². The van der Waals surface area contributed by atoms with Gasteiger partial charge in [-0.25, -0.2) is 4.98 Å². The molecule has 0 atom stereocenters. The molecule has 1 aromatic carbocycles. The van der Waals surface area contributed by atoms with Crippen LogP contribution < -0.4 is 5.73 Å². The Bertz CT molecular complexity index is 964. The van der Waals surface area contributed by atoms with Crippen molar-refractivity contribution in [2.45, 2.75) is 0 Å². The molecule has 0 fully saturated rings. The van der Waals surface area contributed by atoms with Gasteiger partial charge in [0.25, 0.3) is 0 Å². The molecule has 4 rings (SSSR count). The highest BCUT2D eigenvalue weighted by Crippen LogP contribution is 2.30. The van der Waals surface area contributed by atoms with Gasteiger partial charge in [-0.05, 0) is 35.2 Å². The Balaban J connectivity index is 1.85. The first-order chi connectivity index (χ1) is 10.7. The summed E-state index contributed by atoms with van der Waals surface area (Å²) in [6.45, 7) is 0. The van der Waals surface area contributed by atoms with Gasteiger partial charge in [0.2, 0.25) is 0 Å². The van der Waals surface area contributed by atoms with Crippen LogP contribution >= 0.6 is 0 Å². The average molecular weight is 289 g/mol. The molecule has 5 nitrogen and oxygen atoms in total. The zero-order valence-corrected chi connectivity index (χ0v) is 12.1. The van der Waals surface area contributed by atoms with Gasteiger partial charge in [0.15, 0.2) is 0 Å². The molecule has 0 amide bonds. The fourth-order valence-electron chi connectivity index (χ4n) is 2.66. The van der Waals surface area contributed by atoms with Gasteiger partial charge in [-0.3, -0.25) is 4.68 Å². The summed E-state index contributed by atoms with van der Waals surface area (Å²) >= 11 is 0. The number of nitrogen functional groups attached to an aromatic ring is 1. The molecule has 0 radical (unpaired) electrons. The van der Waals surface area contributed by atoms with E-state index in [2.05, 4.69) is 45.4 Å². The van der Waals surface area contributed by atoms with E-state index in [9.17, 15) is 0 Å². The van der Waals surface area contributed by atoms with Gasteiger partial charge in [-0.15, -0.1) is 0 Å². The molecule has 0 aliphatic carbocycles. The number of hydrogen-bond acceptors (Lipinski definition) is 3. The lowest BCUT2D eigenvalue weighted by molar-refractivity contribution is 0.768. The number of fused-ring (bicyclic) bond motifs is 1. The normalized spacial score (nSPS) is 11.1. The number of aromatic nitrogens is 4. The number of nitrogens with zero attached hydrogens (tertiary/aromatic N) is 3. The molecule has 22 heavy (non-hydrogen) atoms. The van der Waals surface area contributed by atoms with E-state index < -0.39 is 0 Å². The highest BCUT2D eigenvalue weighted by molar-refractivity contribution is 5.86. The Labute approximate surface area is 127 Å². The molecule has 0 spiro atoms. The van der Waals surface area contributed by atoms with E-state index in [0.29, 0.717) is 5.82 Å². The Kier molecular flexibility index (Phi) is 2.72. The number of aromatic amines is 1. The molecular formula is C17H15N5. The first-order valence-electron chi connectivity index (χ1n) is 7.03. The van der Waals surface area contributed by atoms with Gasteiger partial charge < -0.3 is 10.7 Å². The third-order valence-electron chi connectivity index (χ3n) is 3.82. The second-order valence-electron chi connectivity index (χ2n) is 5.34. The summed E-state index contributed by atoms with van der Waals surface area (Å²) in [6.07, 6.45) is 7.48. The van der Waals surface area contributed by atoms with Crippen LogP contribution in [0, 0.1) is 0 Å². The summed E-state index contributed by atoms with van der Waals surface area (Å²) in [6, 6.07) is 10.4. The minimum absolute atomic E-state index is 0.513. The van der Waals surface area contributed by atoms with E-state index >= 15 is 0 Å². The van der Waals surface area contributed by atoms with E-state index in [1.807, 2.05) is 25.6 Å². The minimum Gasteiger partial charge on any atom is -0.383 e. The van der Waals surface area contributed by atoms with E-state index in [1.54, 1.807) is 10.9 Å². The summed E-state index contributed by atoms with van der Waals surface area (Å²) in [4.78, 5) is 7.54. The highest BCUT2D eigenvalue weighted by Gasteiger charge is 2.09. The van der Waals surface area contributed by atoms with Crippen molar-refractivity contribution in [1.29, 1.82) is 0 Å². The van der Waals surface area contributed by atoms with Crippen LogP contribution in [0.3, 0.4) is 0 Å². The van der Waals surface area contributed by atoms with Crippen LogP contribution in [0.15, 0.2) is 55.1 Å². The molecule has 0 aliphatic heterocycles. The van der Waals surface area contributed by atoms with Gasteiger partial charge >= 0.3 is 0 Å². The molecule has 0 aliphatic rings. The van der Waals surface area contributed by atoms with Gasteiger partial charge in [-0.2, -0.15) is 5.10 Å². The molecule has 0 saturated carbocycles. The number of benzene rings is 1. The number of nitrogens with one attached hydrogen (secondary N) is 1. The van der Waals surface area contributed by atoms with Crippen molar-refractivity contribution in [1.82, 2.24) is 19.7 Å². The predicted octanol–water partition coefficient (Wildman–Crippen LogP) is 3.21. The Hall–Kier alpha value is -3.08. The minimum atomic E-state index is 0.513. The number of pyridine rings is 1. The number of rotatable bonds is 2. The highest BCUT2D eigenvalue weighted by atomic mass is 15.2. The molecule has 0 bridgehead atoms. The summed E-state index contributed by atoms with van der Waals surface area (Å²) in [5, 5.41) is 5.38. The lowest BCUT2D eigenvalue weighted by Gasteiger charge is -2.07. The maximum atomic E-state index is 6.03. The van der Waals surface area contributed by atoms with Crippen LogP contribution in [0.2, 0.25) is 0 Å². The third kappa shape index (κ3) is 2.03. The maximum absolute atomic E-state index is 6.03. The molecule has 4 aromatic rings. The van der Waals surface area contributed by atoms with Gasteiger partial charge in [0.1, 0.15) is 5.82 Å². The maximum Gasteiger partial charge on any atom is 0.131 e. The van der Waals surface area contributed by atoms with Gasteiger partial charge in [-0.1, -0.05) is 6.07 Å². The first kappa shape index (κ1) is 12.6. The molecule has 0 unspecified atom stereocenters. The van der Waals surface area contributed by atoms with E-state index in [4.69, 9.17) is 5.73 Å². The number of anilines is 1. The van der Waals surface area contributed by atoms with Crippen molar-refractivity contribution in [3.63, 3.8) is 0 Å². The zero-order valence-electron chi connectivity index (χ0n) is 12.1. The van der Waals surface area contributed by atoms with E-state index in [-0.39, 0.29) is 0 Å². The van der Waals surface area contributed by atoms with Crippen molar-refractivity contribution in [3.8, 4) is 22.3 Å². The second kappa shape index (κ2) is 4.73. The van der Waals surface area contributed by atoms with Gasteiger partial charge in [0.05, 0.1) is 6.20 Å². The standard InChI is InChI=1S/C17H15N5/c1-22-10-14(9-21-22)15-7-13(8-20-17(15)18)11-2-3-16-12(6-11)4-5-19-16/h2-10,19H,1H3,(H2,18,20). The summed E-state index contributed by atoms with van der Waals surface area (Å²) in [5.74, 6) is 0.513. The average Bonchev–Trinajstić information content (AvgIpc) is 3.15. The van der Waals surface area contributed by atoms with Crippen LogP contribution in [0.1, 0.15) is 0 Å². The molecule has 0 saturated heterocycles. The van der Waals surface area contributed by atoms with Gasteiger partial charge in [0, 0.05) is 47.8 Å². The molecule has 3 heterocycles. The fraction of sp³-hybridized carbons (Fsp3) is 0.0588. The summed E-state index contributed by atoms with van der Waals surface area (Å²) in [7, 11) is 1.89. The predicted molar refractivity (Wildman–Crippen MR) is 88.1 cm³/mol. The van der Waals surface area contributed by atoms with Crippen molar-refractivity contribution in [3.05, 3.63) is 55.1 Å². The molecule has 3 aromatic heterocycles. The monoisotopic (exact) mass is 289 g/mol. The molecule has 3 N–H and O–H groups in total. The summed E-state index contributed by atoms with van der Waals surface area (Å²) < 4.78 is 1.76. The molecule has 5 heteroatoms. The van der Waals surface area contributed by atoms with Crippen LogP contribution in [-0.2, 0) is 7.05 Å². The van der Waals surface area contributed by atoms with Crippen LogP contribution in [0.4, 0.5) is 5.82 Å². The number of aryl methyl sites for hydroxylation is 1. The Morgan fingerprint density at radius 2 is 1.95 bits per heavy atom. The summed E-state index contributed by atoms with van der Waals surface area (Å²) in [5.41, 5.74) is 11.2. The third-order valence-corrected chi connectivity index (χ3v) is 3.82. The number of hydrogen-bond donors (Lipinski definition) is 2. The molecule has 108 valence electrons. The van der Waals surface area contributed by atoms with Crippen molar-refractivity contribution in [2.24, 2.45) is 7.05 Å². The number of nitrogens with two attached hydrogens (primary N) is 1. The first-order valence-corrected chi connectivity index (χ1v) is 7.03. The fourth-order valence-corrected chi connectivity index (χ4v) is 2.66. The quantitative estimate of drug-likeness (QED) is 0.595. The lowest BCUT2D eigenvalue weighted by Crippen LogP contribution is -1.94. The second-order valence-corrected chi connectivity index (χ2v) is 5.34.